The van der Waals surface area contributed by atoms with Crippen LogP contribution in [0.25, 0.3) is 11.2 Å². The van der Waals surface area contributed by atoms with Crippen LogP contribution < -0.4 is 5.32 Å². The quantitative estimate of drug-likeness (QED) is 0.718. The summed E-state index contributed by atoms with van der Waals surface area (Å²) in [5, 5.41) is 13.1. The van der Waals surface area contributed by atoms with Crippen molar-refractivity contribution in [3.8, 4) is 6.07 Å². The summed E-state index contributed by atoms with van der Waals surface area (Å²) in [5.74, 6) is -0.206. The smallest absolute Gasteiger partial charge is 0.177 e. The molecule has 0 amide bonds. The summed E-state index contributed by atoms with van der Waals surface area (Å²) in [6.07, 6.45) is 1.65. The van der Waals surface area contributed by atoms with Crippen LogP contribution in [0.15, 0.2) is 42.6 Å². The Morgan fingerprint density at radius 2 is 2.09 bits per heavy atom. The number of aromatic nitrogens is 3. The van der Waals surface area contributed by atoms with Crippen LogP contribution in [0, 0.1) is 11.3 Å². The van der Waals surface area contributed by atoms with Crippen LogP contribution in [0.2, 0.25) is 5.02 Å². The Morgan fingerprint density at radius 1 is 1.32 bits per heavy atom. The molecule has 0 bridgehead atoms. The number of fused-ring (bicyclic) bond motifs is 1. The number of nitriles is 1. The highest BCUT2D eigenvalue weighted by atomic mass is 35.5. The number of hydrogen-bond donors (Lipinski definition) is 2. The van der Waals surface area contributed by atoms with Crippen LogP contribution in [0.5, 0.6) is 0 Å². The van der Waals surface area contributed by atoms with E-state index >= 15 is 0 Å². The minimum atomic E-state index is -0.681. The first-order chi connectivity index (χ1) is 10.7. The summed E-state index contributed by atoms with van der Waals surface area (Å²) >= 11 is 11.2. The van der Waals surface area contributed by atoms with Gasteiger partial charge >= 0.3 is 0 Å². The van der Waals surface area contributed by atoms with Crippen molar-refractivity contribution < 1.29 is 0 Å². The van der Waals surface area contributed by atoms with Gasteiger partial charge in [-0.2, -0.15) is 5.26 Å². The average Bonchev–Trinajstić information content (AvgIpc) is 2.94. The van der Waals surface area contributed by atoms with Gasteiger partial charge in [-0.25, -0.2) is 9.97 Å². The first-order valence-electron chi connectivity index (χ1n) is 6.44. The molecule has 22 heavy (non-hydrogen) atoms. The molecule has 2 heterocycles. The van der Waals surface area contributed by atoms with E-state index in [0.29, 0.717) is 21.5 Å². The third-order valence-corrected chi connectivity index (χ3v) is 3.64. The van der Waals surface area contributed by atoms with Crippen LogP contribution in [-0.2, 0) is 0 Å². The SMILES string of the molecule is N#CC(C(=S)Nc1ccc(Cl)cc1)c1nc2ncccc2[nH]1. The molecule has 2 N–H and O–H groups in total. The number of thiocarbonyl (C=S) groups is 1. The van der Waals surface area contributed by atoms with Crippen LogP contribution in [0.1, 0.15) is 11.7 Å². The molecule has 0 aliphatic carbocycles. The molecule has 0 saturated heterocycles. The molecule has 1 aromatic carbocycles. The first kappa shape index (κ1) is 14.4. The first-order valence-corrected chi connectivity index (χ1v) is 7.22. The Labute approximate surface area is 137 Å². The number of anilines is 1. The van der Waals surface area contributed by atoms with Gasteiger partial charge in [-0.15, -0.1) is 0 Å². The Kier molecular flexibility index (Phi) is 4.00. The normalized spacial score (nSPS) is 11.8. The number of aromatic amines is 1. The van der Waals surface area contributed by atoms with Crippen molar-refractivity contribution in [2.75, 3.05) is 5.32 Å². The summed E-state index contributed by atoms with van der Waals surface area (Å²) in [6, 6.07) is 12.9. The lowest BCUT2D eigenvalue weighted by atomic mass is 10.1. The van der Waals surface area contributed by atoms with E-state index < -0.39 is 5.92 Å². The molecule has 5 nitrogen and oxygen atoms in total. The molecule has 0 aliphatic heterocycles. The van der Waals surface area contributed by atoms with Crippen LogP contribution in [0.4, 0.5) is 5.69 Å². The second-order valence-corrected chi connectivity index (χ2v) is 5.43. The highest BCUT2D eigenvalue weighted by Crippen LogP contribution is 2.20. The van der Waals surface area contributed by atoms with Crippen LogP contribution in [0.3, 0.4) is 0 Å². The zero-order valence-corrected chi connectivity index (χ0v) is 12.8. The number of benzene rings is 1. The van der Waals surface area contributed by atoms with E-state index in [2.05, 4.69) is 26.3 Å². The summed E-state index contributed by atoms with van der Waals surface area (Å²) < 4.78 is 0. The maximum atomic E-state index is 9.42. The maximum absolute atomic E-state index is 9.42. The average molecular weight is 328 g/mol. The lowest BCUT2D eigenvalue weighted by molar-refractivity contribution is 1.01. The third kappa shape index (κ3) is 2.91. The van der Waals surface area contributed by atoms with E-state index in [1.807, 2.05) is 6.07 Å². The zero-order valence-electron chi connectivity index (χ0n) is 11.2. The molecule has 1 unspecified atom stereocenters. The standard InChI is InChI=1S/C15H10ClN5S/c16-9-3-5-10(6-4-9)19-15(22)11(8-17)13-20-12-2-1-7-18-14(12)21-13/h1-7,11H,(H,19,22)(H,18,20,21). The molecular weight excluding hydrogens is 318 g/mol. The number of pyridine rings is 1. The van der Waals surface area contributed by atoms with Crippen molar-refractivity contribution in [2.24, 2.45) is 0 Å². The van der Waals surface area contributed by atoms with Gasteiger partial charge in [-0.3, -0.25) is 0 Å². The van der Waals surface area contributed by atoms with Gasteiger partial charge < -0.3 is 10.3 Å². The van der Waals surface area contributed by atoms with Crippen molar-refractivity contribution >= 4 is 45.7 Å². The van der Waals surface area contributed by atoms with Crippen molar-refractivity contribution in [2.45, 2.75) is 5.92 Å². The minimum Gasteiger partial charge on any atom is -0.349 e. The van der Waals surface area contributed by atoms with Crippen LogP contribution in [-0.4, -0.2) is 19.9 Å². The fourth-order valence-electron chi connectivity index (χ4n) is 1.99. The summed E-state index contributed by atoms with van der Waals surface area (Å²) in [7, 11) is 0. The van der Waals surface area contributed by atoms with Gasteiger partial charge in [0.1, 0.15) is 10.8 Å². The van der Waals surface area contributed by atoms with E-state index in [1.54, 1.807) is 36.5 Å². The number of rotatable bonds is 3. The van der Waals surface area contributed by atoms with E-state index in [9.17, 15) is 5.26 Å². The van der Waals surface area contributed by atoms with Gasteiger partial charge in [-0.1, -0.05) is 23.8 Å². The Bertz CT molecular complexity index is 833. The van der Waals surface area contributed by atoms with Gasteiger partial charge in [0.05, 0.1) is 11.6 Å². The number of nitrogens with one attached hydrogen (secondary N) is 2. The second-order valence-electron chi connectivity index (χ2n) is 4.55. The van der Waals surface area contributed by atoms with Gasteiger partial charge in [0.15, 0.2) is 11.6 Å². The molecule has 0 aliphatic rings. The third-order valence-electron chi connectivity index (χ3n) is 3.05. The molecule has 0 saturated carbocycles. The van der Waals surface area contributed by atoms with Gasteiger partial charge in [0.25, 0.3) is 0 Å². The second kappa shape index (κ2) is 6.10. The number of H-pyrrole nitrogens is 1. The number of hydrogen-bond acceptors (Lipinski definition) is 4. The fraction of sp³-hybridized carbons (Fsp3) is 0.0667. The Hall–Kier alpha value is -2.49. The molecule has 7 heteroatoms. The lowest BCUT2D eigenvalue weighted by Gasteiger charge is -2.11. The molecule has 0 spiro atoms. The maximum Gasteiger partial charge on any atom is 0.177 e. The molecule has 1 atom stereocenters. The fourth-order valence-corrected chi connectivity index (χ4v) is 2.40. The van der Waals surface area contributed by atoms with Crippen molar-refractivity contribution in [3.05, 3.63) is 53.4 Å². The van der Waals surface area contributed by atoms with Crippen molar-refractivity contribution in [1.29, 1.82) is 5.26 Å². The topological polar surface area (TPSA) is 77.4 Å². The van der Waals surface area contributed by atoms with E-state index in [1.165, 1.54) is 0 Å². The molecule has 0 fully saturated rings. The number of imidazole rings is 1. The van der Waals surface area contributed by atoms with Gasteiger partial charge in [0, 0.05) is 16.9 Å². The van der Waals surface area contributed by atoms with Crippen molar-refractivity contribution in [3.63, 3.8) is 0 Å². The van der Waals surface area contributed by atoms with E-state index in [0.717, 1.165) is 11.2 Å². The minimum absolute atomic E-state index is 0.365. The number of halogens is 1. The summed E-state index contributed by atoms with van der Waals surface area (Å²) in [5.41, 5.74) is 2.10. The lowest BCUT2D eigenvalue weighted by Crippen LogP contribution is -2.19. The highest BCUT2D eigenvalue weighted by molar-refractivity contribution is 7.80. The predicted octanol–water partition coefficient (Wildman–Crippen LogP) is 3.66. The molecular formula is C15H10ClN5S. The van der Waals surface area contributed by atoms with Gasteiger partial charge in [-0.05, 0) is 36.4 Å². The molecule has 3 aromatic rings. The molecule has 2 aromatic heterocycles. The summed E-state index contributed by atoms with van der Waals surface area (Å²) in [4.78, 5) is 11.9. The Balaban J connectivity index is 1.85. The molecule has 0 radical (unpaired) electrons. The van der Waals surface area contributed by atoms with Gasteiger partial charge in [0.2, 0.25) is 0 Å². The molecule has 108 valence electrons. The monoisotopic (exact) mass is 327 g/mol. The predicted molar refractivity (Wildman–Crippen MR) is 89.9 cm³/mol. The zero-order chi connectivity index (χ0) is 15.5. The van der Waals surface area contributed by atoms with Crippen molar-refractivity contribution in [1.82, 2.24) is 15.0 Å². The summed E-state index contributed by atoms with van der Waals surface area (Å²) in [6.45, 7) is 0. The largest absolute Gasteiger partial charge is 0.349 e. The molecule has 3 rings (SSSR count). The number of nitrogens with zero attached hydrogens (tertiary/aromatic N) is 3. The van der Waals surface area contributed by atoms with E-state index in [4.69, 9.17) is 23.8 Å². The van der Waals surface area contributed by atoms with Crippen LogP contribution >= 0.6 is 23.8 Å². The highest BCUT2D eigenvalue weighted by Gasteiger charge is 2.20. The van der Waals surface area contributed by atoms with E-state index in [-0.39, 0.29) is 0 Å². The Morgan fingerprint density at radius 3 is 2.77 bits per heavy atom.